The van der Waals surface area contributed by atoms with Gasteiger partial charge in [-0.1, -0.05) is 29.8 Å². The number of carbonyl (C=O) groups excluding carboxylic acids is 1. The third kappa shape index (κ3) is 5.02. The summed E-state index contributed by atoms with van der Waals surface area (Å²) >= 11 is 0. The third-order valence-electron chi connectivity index (χ3n) is 4.75. The first-order valence-corrected chi connectivity index (χ1v) is 9.60. The summed E-state index contributed by atoms with van der Waals surface area (Å²) in [6, 6.07) is 14.8. The second kappa shape index (κ2) is 9.21. The summed E-state index contributed by atoms with van der Waals surface area (Å²) in [6.07, 6.45) is 0. The Hall–Kier alpha value is -3.68. The van der Waals surface area contributed by atoms with E-state index < -0.39 is 4.92 Å². The quantitative estimate of drug-likeness (QED) is 0.349. The Morgan fingerprint density at radius 3 is 2.37 bits per heavy atom. The summed E-state index contributed by atoms with van der Waals surface area (Å²) in [7, 11) is 0. The molecule has 1 N–H and O–H groups in total. The summed E-state index contributed by atoms with van der Waals surface area (Å²) < 4.78 is 7.20. The maximum Gasteiger partial charge on any atom is 0.312 e. The van der Waals surface area contributed by atoms with E-state index in [0.29, 0.717) is 36.6 Å². The zero-order valence-corrected chi connectivity index (χ0v) is 17.2. The summed E-state index contributed by atoms with van der Waals surface area (Å²) in [4.78, 5) is 23.0. The molecule has 3 rings (SSSR count). The number of nitro groups is 1. The number of nitrogens with zero attached hydrogens (tertiary/aromatic N) is 3. The van der Waals surface area contributed by atoms with E-state index >= 15 is 0 Å². The number of nitrogens with one attached hydrogen (secondary N) is 1. The van der Waals surface area contributed by atoms with Gasteiger partial charge < -0.3 is 10.1 Å². The lowest BCUT2D eigenvalue weighted by molar-refractivity contribution is -0.386. The van der Waals surface area contributed by atoms with Gasteiger partial charge >= 0.3 is 5.69 Å². The van der Waals surface area contributed by atoms with Crippen LogP contribution in [0.1, 0.15) is 32.9 Å². The Labute approximate surface area is 174 Å². The molecule has 0 bridgehead atoms. The number of rotatable bonds is 8. The van der Waals surface area contributed by atoms with Crippen molar-refractivity contribution in [2.75, 3.05) is 13.2 Å². The molecule has 0 saturated carbocycles. The van der Waals surface area contributed by atoms with Crippen molar-refractivity contribution in [3.63, 3.8) is 0 Å². The molecule has 1 heterocycles. The second-order valence-electron chi connectivity index (χ2n) is 7.05. The maximum atomic E-state index is 12.3. The predicted molar refractivity (Wildman–Crippen MR) is 113 cm³/mol. The van der Waals surface area contributed by atoms with Gasteiger partial charge in [-0.05, 0) is 50.6 Å². The Bertz CT molecular complexity index is 1040. The van der Waals surface area contributed by atoms with Gasteiger partial charge in [-0.15, -0.1) is 0 Å². The summed E-state index contributed by atoms with van der Waals surface area (Å²) in [5.74, 6) is 0.583. The molecule has 0 fully saturated rings. The highest BCUT2D eigenvalue weighted by Gasteiger charge is 2.21. The van der Waals surface area contributed by atoms with Crippen molar-refractivity contribution in [3.8, 4) is 5.75 Å². The van der Waals surface area contributed by atoms with E-state index in [1.807, 2.05) is 43.3 Å². The van der Waals surface area contributed by atoms with Crippen molar-refractivity contribution < 1.29 is 14.5 Å². The first kappa shape index (κ1) is 21.0. The van der Waals surface area contributed by atoms with Crippen LogP contribution in [-0.2, 0) is 6.54 Å². The second-order valence-corrected chi connectivity index (χ2v) is 7.05. The standard InChI is InChI=1S/C22H24N4O4/c1-15-4-10-20(11-5-15)30-13-12-23-22(27)19-8-6-18(7-9-19)14-25-17(3)21(26(28)29)16(2)24-25/h4-11H,12-14H2,1-3H3,(H,23,27). The molecule has 8 nitrogen and oxygen atoms in total. The molecule has 0 aliphatic heterocycles. The van der Waals surface area contributed by atoms with E-state index in [-0.39, 0.29) is 11.6 Å². The van der Waals surface area contributed by atoms with Crippen molar-refractivity contribution in [2.24, 2.45) is 0 Å². The average Bonchev–Trinajstić information content (AvgIpc) is 3.00. The van der Waals surface area contributed by atoms with Crippen LogP contribution >= 0.6 is 0 Å². The zero-order chi connectivity index (χ0) is 21.7. The Morgan fingerprint density at radius 1 is 1.10 bits per heavy atom. The topological polar surface area (TPSA) is 99.3 Å². The molecule has 0 saturated heterocycles. The first-order valence-electron chi connectivity index (χ1n) is 9.60. The van der Waals surface area contributed by atoms with Crippen molar-refractivity contribution >= 4 is 11.6 Å². The van der Waals surface area contributed by atoms with Crippen LogP contribution in [0.25, 0.3) is 0 Å². The molecular formula is C22H24N4O4. The Balaban J connectivity index is 1.52. The monoisotopic (exact) mass is 408 g/mol. The minimum absolute atomic E-state index is 0.0406. The van der Waals surface area contributed by atoms with Gasteiger partial charge in [0.1, 0.15) is 23.7 Å². The fourth-order valence-electron chi connectivity index (χ4n) is 3.11. The number of benzene rings is 2. The van der Waals surface area contributed by atoms with E-state index in [1.165, 1.54) is 0 Å². The highest BCUT2D eigenvalue weighted by Crippen LogP contribution is 2.22. The van der Waals surface area contributed by atoms with Crippen LogP contribution < -0.4 is 10.1 Å². The van der Waals surface area contributed by atoms with Gasteiger partial charge in [-0.2, -0.15) is 5.10 Å². The molecule has 1 amide bonds. The fourth-order valence-corrected chi connectivity index (χ4v) is 3.11. The molecule has 3 aromatic rings. The fraction of sp³-hybridized carbons (Fsp3) is 0.273. The number of ether oxygens (including phenoxy) is 1. The Kier molecular flexibility index (Phi) is 6.46. The highest BCUT2D eigenvalue weighted by molar-refractivity contribution is 5.94. The Morgan fingerprint density at radius 2 is 1.77 bits per heavy atom. The van der Waals surface area contributed by atoms with E-state index in [9.17, 15) is 14.9 Å². The van der Waals surface area contributed by atoms with Crippen molar-refractivity contribution in [2.45, 2.75) is 27.3 Å². The molecule has 0 radical (unpaired) electrons. The zero-order valence-electron chi connectivity index (χ0n) is 17.2. The van der Waals surface area contributed by atoms with Gasteiger partial charge in [0.25, 0.3) is 5.91 Å². The van der Waals surface area contributed by atoms with E-state index in [0.717, 1.165) is 16.9 Å². The third-order valence-corrected chi connectivity index (χ3v) is 4.75. The summed E-state index contributed by atoms with van der Waals surface area (Å²) in [5.41, 5.74) is 3.53. The minimum atomic E-state index is -0.413. The summed E-state index contributed by atoms with van der Waals surface area (Å²) in [6.45, 7) is 6.48. The molecule has 0 aliphatic carbocycles. The first-order chi connectivity index (χ1) is 14.3. The number of carbonyl (C=O) groups is 1. The van der Waals surface area contributed by atoms with E-state index in [4.69, 9.17) is 4.74 Å². The molecular weight excluding hydrogens is 384 g/mol. The number of hydrogen-bond donors (Lipinski definition) is 1. The molecule has 1 aromatic heterocycles. The van der Waals surface area contributed by atoms with Crippen LogP contribution in [0.2, 0.25) is 0 Å². The molecule has 0 aliphatic rings. The number of hydrogen-bond acceptors (Lipinski definition) is 5. The predicted octanol–water partition coefficient (Wildman–Crippen LogP) is 3.57. The lowest BCUT2D eigenvalue weighted by atomic mass is 10.1. The lowest BCUT2D eigenvalue weighted by Gasteiger charge is -2.09. The van der Waals surface area contributed by atoms with Crippen LogP contribution in [0.4, 0.5) is 5.69 Å². The van der Waals surface area contributed by atoms with Crippen molar-refractivity contribution in [1.82, 2.24) is 15.1 Å². The van der Waals surface area contributed by atoms with Crippen LogP contribution in [0.3, 0.4) is 0 Å². The van der Waals surface area contributed by atoms with Crippen LogP contribution in [-0.4, -0.2) is 33.8 Å². The summed E-state index contributed by atoms with van der Waals surface area (Å²) in [5, 5.41) is 18.2. The maximum absolute atomic E-state index is 12.3. The molecule has 8 heteroatoms. The molecule has 156 valence electrons. The van der Waals surface area contributed by atoms with Crippen molar-refractivity contribution in [1.29, 1.82) is 0 Å². The van der Waals surface area contributed by atoms with Gasteiger partial charge in [0, 0.05) is 5.56 Å². The largest absolute Gasteiger partial charge is 0.492 e. The van der Waals surface area contributed by atoms with Crippen LogP contribution in [0.5, 0.6) is 5.75 Å². The lowest BCUT2D eigenvalue weighted by Crippen LogP contribution is -2.28. The van der Waals surface area contributed by atoms with E-state index in [1.54, 1.807) is 30.7 Å². The van der Waals surface area contributed by atoms with Gasteiger partial charge in [-0.3, -0.25) is 19.6 Å². The molecule has 0 spiro atoms. The smallest absolute Gasteiger partial charge is 0.312 e. The van der Waals surface area contributed by atoms with Gasteiger partial charge in [-0.25, -0.2) is 0 Å². The molecule has 2 aromatic carbocycles. The van der Waals surface area contributed by atoms with E-state index in [2.05, 4.69) is 10.4 Å². The average molecular weight is 408 g/mol. The van der Waals surface area contributed by atoms with Crippen molar-refractivity contribution in [3.05, 3.63) is 86.7 Å². The SMILES string of the molecule is Cc1ccc(OCCNC(=O)c2ccc(Cn3nc(C)c([N+](=O)[O-])c3C)cc2)cc1. The molecule has 0 atom stereocenters. The number of aromatic nitrogens is 2. The normalized spacial score (nSPS) is 10.6. The van der Waals surface area contributed by atoms with Gasteiger partial charge in [0.2, 0.25) is 0 Å². The number of aryl methyl sites for hydroxylation is 2. The van der Waals surface area contributed by atoms with Crippen LogP contribution in [0.15, 0.2) is 48.5 Å². The van der Waals surface area contributed by atoms with Gasteiger partial charge in [0.05, 0.1) is 18.0 Å². The van der Waals surface area contributed by atoms with Gasteiger partial charge in [0.15, 0.2) is 0 Å². The molecule has 0 unspecified atom stereocenters. The minimum Gasteiger partial charge on any atom is -0.492 e. The number of amides is 1. The van der Waals surface area contributed by atoms with Crippen LogP contribution in [0, 0.1) is 30.9 Å². The molecule has 30 heavy (non-hydrogen) atoms. The highest BCUT2D eigenvalue weighted by atomic mass is 16.6.